The van der Waals surface area contributed by atoms with Crippen LogP contribution in [0.2, 0.25) is 0 Å². The van der Waals surface area contributed by atoms with Crippen LogP contribution in [-0.2, 0) is 13.1 Å². The zero-order chi connectivity index (χ0) is 49.6. The molecule has 0 aliphatic carbocycles. The molecule has 0 bridgehead atoms. The van der Waals surface area contributed by atoms with Gasteiger partial charge in [0.1, 0.15) is 11.4 Å². The van der Waals surface area contributed by atoms with Crippen LogP contribution in [0.4, 0.5) is 11.4 Å². The molecule has 2 N–H and O–H groups in total. The van der Waals surface area contributed by atoms with Gasteiger partial charge in [-0.2, -0.15) is 10.2 Å². The third-order valence-electron chi connectivity index (χ3n) is 9.85. The van der Waals surface area contributed by atoms with Crippen molar-refractivity contribution >= 4 is 68.2 Å². The summed E-state index contributed by atoms with van der Waals surface area (Å²) < 4.78 is 3.80. The van der Waals surface area contributed by atoms with Gasteiger partial charge in [0.15, 0.2) is 6.29 Å². The largest absolute Gasteiger partial charge is 0.398 e. The molecule has 5 radical (unpaired) electrons. The van der Waals surface area contributed by atoms with Gasteiger partial charge >= 0.3 is 0 Å². The summed E-state index contributed by atoms with van der Waals surface area (Å²) in [6, 6.07) is 51.9. The van der Waals surface area contributed by atoms with Crippen LogP contribution in [0, 0.1) is 63.7 Å². The number of hydrogen-bond acceptors (Lipinski definition) is 7. The molecular weight excluding hydrogens is 845 g/mol. The lowest BCUT2D eigenvalue weighted by Gasteiger charge is -2.03. The Balaban J connectivity index is 0.000000207. The molecule has 0 aliphatic heterocycles. The first-order valence-electron chi connectivity index (χ1n) is 21.9. The molecule has 9 aromatic rings. The van der Waals surface area contributed by atoms with E-state index in [0.717, 1.165) is 74.7 Å². The van der Waals surface area contributed by atoms with Crippen molar-refractivity contribution in [3.8, 4) is 36.0 Å². The van der Waals surface area contributed by atoms with Gasteiger partial charge in [0, 0.05) is 51.4 Å². The molecule has 9 rings (SSSR count). The number of nitrogens with zero attached hydrogens (tertiary/aromatic N) is 7. The SMILES string of the molecule is C#CC#CC#CC.Cc1cccc(C)c1N.Cc1cccc(C)c1N=Cc1nn(Cc2ccccn2)c2ccccc12.O=Cc1nn(Cc2ccccn2)c2ccccc12.[B][B][B].c1ccccc1. The molecule has 0 saturated heterocycles. The number of aldehydes is 1. The van der Waals surface area contributed by atoms with Crippen LogP contribution in [0.5, 0.6) is 0 Å². The predicted octanol–water partition coefficient (Wildman–Crippen LogP) is 10.2. The van der Waals surface area contributed by atoms with Gasteiger partial charge in [-0.15, -0.1) is 6.42 Å². The highest BCUT2D eigenvalue weighted by Crippen LogP contribution is 2.24. The standard InChI is InChI=1S/C22H20N4.C14H11N3O.C8H11N.C7H4.C6H6.B3/c1-16-8-7-9-17(2)22(16)24-14-20-19-11-3-4-12-21(19)26(25-20)15-18-10-5-6-13-23-18;18-10-13-12-6-1-2-7-14(12)17(16-13)9-11-5-3-4-8-15-11;1-6-4-3-5-7(2)8(6)9;1-3-5-7-6-4-2;1-2-4-6-5-3-1;1-3-2/h3-14H,15H2,1-2H3;1-8,10H,9H2;3-5H,9H2,1-2H3;1H,2H3;1-6H;. The average Bonchev–Trinajstić information content (AvgIpc) is 3.92. The highest BCUT2D eigenvalue weighted by atomic mass is 16.1. The van der Waals surface area contributed by atoms with E-state index in [1.165, 1.54) is 11.1 Å². The first-order chi connectivity index (χ1) is 33.6. The second-order valence-electron chi connectivity index (χ2n) is 14.8. The number of aliphatic imine (C=N–C) groups is 1. The van der Waals surface area contributed by atoms with Crippen LogP contribution in [-0.4, -0.2) is 64.6 Å². The molecule has 69 heavy (non-hydrogen) atoms. The summed E-state index contributed by atoms with van der Waals surface area (Å²) in [5.74, 6) is 12.0. The van der Waals surface area contributed by atoms with Crippen LogP contribution < -0.4 is 5.73 Å². The molecule has 5 aromatic carbocycles. The Bertz CT molecular complexity index is 3110. The summed E-state index contributed by atoms with van der Waals surface area (Å²) in [5, 5.41) is 11.1. The first-order valence-corrected chi connectivity index (χ1v) is 21.9. The van der Waals surface area contributed by atoms with Crippen molar-refractivity contribution in [3.05, 3.63) is 215 Å². The normalized spacial score (nSPS) is 9.57. The highest BCUT2D eigenvalue weighted by molar-refractivity contribution is 7.17. The predicted molar refractivity (Wildman–Crippen MR) is 289 cm³/mol. The fraction of sp³-hybridized carbons (Fsp3) is 0.123. The fourth-order valence-corrected chi connectivity index (χ4v) is 6.50. The number of benzene rings is 5. The lowest BCUT2D eigenvalue weighted by atomic mass is 9.40. The van der Waals surface area contributed by atoms with Gasteiger partial charge in [0.05, 0.1) is 47.4 Å². The number of carbonyl (C=O) groups excluding carboxylic acids is 1. The molecule has 9 nitrogen and oxygen atoms in total. The number of pyridine rings is 2. The lowest BCUT2D eigenvalue weighted by Crippen LogP contribution is -2.03. The number of para-hydroxylation sites is 4. The topological polar surface area (TPSA) is 117 Å². The first kappa shape index (κ1) is 53.0. The number of terminal acetylenes is 1. The second kappa shape index (κ2) is 29.8. The van der Waals surface area contributed by atoms with E-state index in [1.54, 1.807) is 17.8 Å². The van der Waals surface area contributed by atoms with E-state index in [4.69, 9.17) is 22.2 Å². The summed E-state index contributed by atoms with van der Waals surface area (Å²) in [5.41, 5.74) is 17.5. The third-order valence-corrected chi connectivity index (χ3v) is 9.85. The van der Waals surface area contributed by atoms with Gasteiger partial charge in [-0.05, 0) is 117 Å². The minimum atomic E-state index is 0.474. The van der Waals surface area contributed by atoms with Crippen molar-refractivity contribution < 1.29 is 4.79 Å². The number of carbonyl (C=O) groups is 1. The monoisotopic (exact) mass is 897 g/mol. The minimum Gasteiger partial charge on any atom is -0.398 e. The molecule has 0 amide bonds. The van der Waals surface area contributed by atoms with Crippen LogP contribution in [0.1, 0.15) is 56.7 Å². The van der Waals surface area contributed by atoms with E-state index in [9.17, 15) is 4.79 Å². The fourth-order valence-electron chi connectivity index (χ4n) is 6.50. The van der Waals surface area contributed by atoms with Crippen LogP contribution in [0.25, 0.3) is 21.8 Å². The van der Waals surface area contributed by atoms with Gasteiger partial charge in [-0.1, -0.05) is 127 Å². The maximum Gasteiger partial charge on any atom is 0.170 e. The third kappa shape index (κ3) is 17.3. The number of nitrogen functional groups attached to an aromatic ring is 1. The Kier molecular flexibility index (Phi) is 22.9. The number of anilines is 1. The van der Waals surface area contributed by atoms with Gasteiger partial charge in [-0.3, -0.25) is 29.1 Å². The van der Waals surface area contributed by atoms with Gasteiger partial charge in [-0.25, -0.2) is 0 Å². The summed E-state index contributed by atoms with van der Waals surface area (Å²) in [6.07, 6.45) is 11.0. The summed E-state index contributed by atoms with van der Waals surface area (Å²) in [4.78, 5) is 24.4. The highest BCUT2D eigenvalue weighted by Gasteiger charge is 2.11. The molecule has 0 spiro atoms. The molecule has 4 heterocycles. The number of fused-ring (bicyclic) bond motifs is 2. The number of aromatic nitrogens is 6. The molecular formula is C57H52B3N8O. The van der Waals surface area contributed by atoms with Crippen LogP contribution in [0.15, 0.2) is 175 Å². The second-order valence-corrected chi connectivity index (χ2v) is 14.8. The molecule has 335 valence electrons. The number of hydrogen-bond donors (Lipinski definition) is 1. The van der Waals surface area contributed by atoms with Gasteiger partial charge < -0.3 is 5.73 Å². The van der Waals surface area contributed by atoms with E-state index < -0.39 is 0 Å². The number of nitrogens with two attached hydrogens (primary N) is 1. The molecule has 12 heteroatoms. The van der Waals surface area contributed by atoms with E-state index in [-0.39, 0.29) is 0 Å². The lowest BCUT2D eigenvalue weighted by molar-refractivity contribution is 0.111. The van der Waals surface area contributed by atoms with Crippen molar-refractivity contribution in [2.45, 2.75) is 47.7 Å². The van der Waals surface area contributed by atoms with Crippen molar-refractivity contribution in [1.29, 1.82) is 0 Å². The molecule has 0 fully saturated rings. The Hall–Kier alpha value is -8.65. The van der Waals surface area contributed by atoms with Gasteiger partial charge in [0.2, 0.25) is 0 Å². The maximum absolute atomic E-state index is 11.0. The minimum absolute atomic E-state index is 0.474. The Labute approximate surface area is 410 Å². The van der Waals surface area contributed by atoms with E-state index in [2.05, 4.69) is 104 Å². The maximum atomic E-state index is 11.0. The Morgan fingerprint density at radius 3 is 1.45 bits per heavy atom. The van der Waals surface area contributed by atoms with E-state index in [0.29, 0.717) is 18.8 Å². The van der Waals surface area contributed by atoms with Crippen LogP contribution >= 0.6 is 0 Å². The van der Waals surface area contributed by atoms with Crippen LogP contribution in [0.3, 0.4) is 0 Å². The van der Waals surface area contributed by atoms with Crippen molar-refractivity contribution in [1.82, 2.24) is 29.5 Å². The average molecular weight is 898 g/mol. The molecule has 0 unspecified atom stereocenters. The zero-order valence-electron chi connectivity index (χ0n) is 39.7. The van der Waals surface area contributed by atoms with Crippen molar-refractivity contribution in [2.75, 3.05) is 5.73 Å². The van der Waals surface area contributed by atoms with E-state index >= 15 is 0 Å². The molecule has 4 aromatic heterocycles. The molecule has 0 saturated carbocycles. The Morgan fingerprint density at radius 1 is 0.594 bits per heavy atom. The Morgan fingerprint density at radius 2 is 1.03 bits per heavy atom. The quantitative estimate of drug-likeness (QED) is 0.0560. The van der Waals surface area contributed by atoms with Gasteiger partial charge in [0.25, 0.3) is 0 Å². The number of aryl methyl sites for hydroxylation is 4. The molecule has 0 atom stereocenters. The van der Waals surface area contributed by atoms with Crippen molar-refractivity contribution in [2.24, 2.45) is 4.99 Å². The number of rotatable bonds is 7. The summed E-state index contributed by atoms with van der Waals surface area (Å²) in [7, 11) is 10.0. The zero-order valence-corrected chi connectivity index (χ0v) is 39.7. The molecule has 0 aliphatic rings. The summed E-state index contributed by atoms with van der Waals surface area (Å²) in [6.45, 7) is 11.1. The van der Waals surface area contributed by atoms with Crippen molar-refractivity contribution in [3.63, 3.8) is 0 Å². The van der Waals surface area contributed by atoms with E-state index in [1.807, 2.05) is 158 Å². The summed E-state index contributed by atoms with van der Waals surface area (Å²) >= 11 is 0. The smallest absolute Gasteiger partial charge is 0.170 e.